The van der Waals surface area contributed by atoms with Crippen LogP contribution in [0.4, 0.5) is 0 Å². The van der Waals surface area contributed by atoms with Crippen molar-refractivity contribution >= 4 is 5.97 Å². The highest BCUT2D eigenvalue weighted by Gasteiger charge is 2.70. The molecule has 0 spiro atoms. The van der Waals surface area contributed by atoms with Crippen LogP contribution in [-0.2, 0) is 4.79 Å². The van der Waals surface area contributed by atoms with Gasteiger partial charge in [-0.2, -0.15) is 0 Å². The van der Waals surface area contributed by atoms with Crippen LogP contribution in [0.1, 0.15) is 132 Å². The maximum absolute atomic E-state index is 11.2. The van der Waals surface area contributed by atoms with Gasteiger partial charge in [0.05, 0.1) is 0 Å². The fraction of sp³-hybridized carbons (Fsp3) is 0.969. The molecule has 0 aromatic rings. The third-order valence-electron chi connectivity index (χ3n) is 14.3. The topological polar surface area (TPSA) is 37.3 Å². The molecule has 0 aliphatic heterocycles. The number of aliphatic carboxylic acids is 1. The average Bonchev–Trinajstić information content (AvgIpc) is 3.09. The fourth-order valence-corrected chi connectivity index (χ4v) is 12.6. The van der Waals surface area contributed by atoms with Gasteiger partial charge in [0.15, 0.2) is 0 Å². The predicted molar refractivity (Wildman–Crippen MR) is 140 cm³/mol. The largest absolute Gasteiger partial charge is 0.481 e. The monoisotopic (exact) mass is 470 g/mol. The first-order valence-corrected chi connectivity index (χ1v) is 15.0. The summed E-state index contributed by atoms with van der Waals surface area (Å²) < 4.78 is 0. The van der Waals surface area contributed by atoms with Gasteiger partial charge in [-0.3, -0.25) is 4.79 Å². The van der Waals surface area contributed by atoms with Crippen LogP contribution in [-0.4, -0.2) is 11.1 Å². The lowest BCUT2D eigenvalue weighted by atomic mass is 9.32. The van der Waals surface area contributed by atoms with Gasteiger partial charge in [0, 0.05) is 6.42 Å². The molecule has 0 unspecified atom stereocenters. The maximum Gasteiger partial charge on any atom is 0.303 e. The number of carbonyl (C=O) groups is 1. The summed E-state index contributed by atoms with van der Waals surface area (Å²) in [5.74, 6) is 4.15. The second-order valence-corrected chi connectivity index (χ2v) is 15.7. The second-order valence-electron chi connectivity index (χ2n) is 15.7. The molecule has 5 rings (SSSR count). The minimum Gasteiger partial charge on any atom is -0.481 e. The number of hydrogen-bond acceptors (Lipinski definition) is 1. The lowest BCUT2D eigenvalue weighted by molar-refractivity contribution is -0.241. The van der Waals surface area contributed by atoms with Gasteiger partial charge in [0.25, 0.3) is 0 Å². The molecule has 5 aliphatic carbocycles. The normalized spacial score (nSPS) is 52.6. The molecule has 10 atom stereocenters. The Morgan fingerprint density at radius 3 is 2.03 bits per heavy atom. The predicted octanol–water partition coefficient (Wildman–Crippen LogP) is 8.98. The van der Waals surface area contributed by atoms with Gasteiger partial charge in [0.2, 0.25) is 0 Å². The number of hydrogen-bond donors (Lipinski definition) is 1. The Hall–Kier alpha value is -0.530. The van der Waals surface area contributed by atoms with Gasteiger partial charge in [-0.1, -0.05) is 54.9 Å². The van der Waals surface area contributed by atoms with Crippen molar-refractivity contribution in [3.8, 4) is 0 Å². The third-order valence-corrected chi connectivity index (χ3v) is 14.3. The highest BCUT2D eigenvalue weighted by atomic mass is 16.4. The molecule has 194 valence electrons. The SMILES string of the molecule is C[C@@H](CCC(=O)O)[C@H]1CC[C@@]2(C)[C@@H]1CC[C@]1(C)[C@@H]2CC[C@@H]2[C@@]3(C)CCCC(C)(C)[C@H]3CC[C@]21C. The third kappa shape index (κ3) is 3.27. The van der Waals surface area contributed by atoms with Gasteiger partial charge in [0.1, 0.15) is 0 Å². The summed E-state index contributed by atoms with van der Waals surface area (Å²) >= 11 is 0. The van der Waals surface area contributed by atoms with E-state index in [4.69, 9.17) is 0 Å². The van der Waals surface area contributed by atoms with E-state index in [1.165, 1.54) is 70.6 Å². The van der Waals surface area contributed by atoms with E-state index in [-0.39, 0.29) is 0 Å². The highest BCUT2D eigenvalue weighted by Crippen LogP contribution is 2.78. The summed E-state index contributed by atoms with van der Waals surface area (Å²) in [6.45, 7) is 18.5. The Bertz CT molecular complexity index is 816. The van der Waals surface area contributed by atoms with E-state index in [1.54, 1.807) is 0 Å². The molecule has 0 saturated heterocycles. The van der Waals surface area contributed by atoms with Crippen LogP contribution in [0, 0.1) is 62.6 Å². The van der Waals surface area contributed by atoms with E-state index in [2.05, 4.69) is 48.5 Å². The summed E-state index contributed by atoms with van der Waals surface area (Å²) in [6.07, 6.45) is 16.9. The number of carboxylic acids is 1. The highest BCUT2D eigenvalue weighted by molar-refractivity contribution is 5.66. The van der Waals surface area contributed by atoms with Crippen LogP contribution >= 0.6 is 0 Å². The van der Waals surface area contributed by atoms with E-state index >= 15 is 0 Å². The van der Waals surface area contributed by atoms with Crippen molar-refractivity contribution < 1.29 is 9.90 Å². The molecular formula is C32H54O2. The Morgan fingerprint density at radius 2 is 1.38 bits per heavy atom. The van der Waals surface area contributed by atoms with Crippen molar-refractivity contribution in [3.05, 3.63) is 0 Å². The molecule has 0 aromatic heterocycles. The van der Waals surface area contributed by atoms with Crippen LogP contribution in [0.15, 0.2) is 0 Å². The quantitative estimate of drug-likeness (QED) is 0.445. The van der Waals surface area contributed by atoms with Crippen LogP contribution < -0.4 is 0 Å². The van der Waals surface area contributed by atoms with E-state index in [9.17, 15) is 9.90 Å². The number of carboxylic acid groups (broad SMARTS) is 1. The first-order chi connectivity index (χ1) is 15.8. The van der Waals surface area contributed by atoms with Gasteiger partial charge < -0.3 is 5.11 Å². The molecule has 2 nitrogen and oxygen atoms in total. The van der Waals surface area contributed by atoms with Crippen molar-refractivity contribution in [3.63, 3.8) is 0 Å². The zero-order valence-electron chi connectivity index (χ0n) is 23.5. The maximum atomic E-state index is 11.2. The van der Waals surface area contributed by atoms with Crippen LogP contribution in [0.5, 0.6) is 0 Å². The van der Waals surface area contributed by atoms with Crippen LogP contribution in [0.2, 0.25) is 0 Å². The average molecular weight is 471 g/mol. The molecule has 34 heavy (non-hydrogen) atoms. The summed E-state index contributed by atoms with van der Waals surface area (Å²) in [5.41, 5.74) is 2.46. The molecule has 0 heterocycles. The fourth-order valence-electron chi connectivity index (χ4n) is 12.6. The van der Waals surface area contributed by atoms with Crippen molar-refractivity contribution in [2.24, 2.45) is 62.6 Å². The zero-order valence-corrected chi connectivity index (χ0v) is 23.5. The molecule has 0 amide bonds. The van der Waals surface area contributed by atoms with Gasteiger partial charge in [-0.15, -0.1) is 0 Å². The standard InChI is InChI=1S/C32H54O2/c1-21(9-12-27(33)34)22-13-18-29(4)23(22)14-19-31(6)25(29)10-11-26-30(5)17-8-16-28(2,3)24(30)15-20-32(26,31)7/h21-26H,8-20H2,1-7H3,(H,33,34)/t21-,22+,23+,24+,25+,26+,29-,30-,31+,32+/m0/s1. The van der Waals surface area contributed by atoms with E-state index in [0.29, 0.717) is 39.4 Å². The first kappa shape index (κ1) is 25.1. The molecule has 1 N–H and O–H groups in total. The first-order valence-electron chi connectivity index (χ1n) is 15.0. The molecule has 5 aliphatic rings. The Kier molecular flexibility index (Phi) is 5.90. The molecule has 0 radical (unpaired) electrons. The summed E-state index contributed by atoms with van der Waals surface area (Å²) in [4.78, 5) is 11.2. The van der Waals surface area contributed by atoms with E-state index in [0.717, 1.165) is 36.0 Å². The van der Waals surface area contributed by atoms with Crippen LogP contribution in [0.25, 0.3) is 0 Å². The molecular weight excluding hydrogens is 416 g/mol. The number of fused-ring (bicyclic) bond motifs is 7. The summed E-state index contributed by atoms with van der Waals surface area (Å²) in [5, 5.41) is 9.25. The second kappa shape index (κ2) is 7.98. The van der Waals surface area contributed by atoms with Crippen molar-refractivity contribution in [1.82, 2.24) is 0 Å². The van der Waals surface area contributed by atoms with Gasteiger partial charge >= 0.3 is 5.97 Å². The van der Waals surface area contributed by atoms with Crippen LogP contribution in [0.3, 0.4) is 0 Å². The molecule has 0 bridgehead atoms. The van der Waals surface area contributed by atoms with Gasteiger partial charge in [-0.05, 0) is 133 Å². The molecule has 2 heteroatoms. The Morgan fingerprint density at radius 1 is 0.765 bits per heavy atom. The van der Waals surface area contributed by atoms with Gasteiger partial charge in [-0.25, -0.2) is 0 Å². The van der Waals surface area contributed by atoms with Crippen molar-refractivity contribution in [1.29, 1.82) is 0 Å². The minimum absolute atomic E-state index is 0.345. The van der Waals surface area contributed by atoms with E-state index < -0.39 is 5.97 Å². The lowest BCUT2D eigenvalue weighted by Crippen LogP contribution is -2.65. The summed E-state index contributed by atoms with van der Waals surface area (Å²) in [6, 6.07) is 0. The Balaban J connectivity index is 1.43. The van der Waals surface area contributed by atoms with E-state index in [1.807, 2.05) is 0 Å². The minimum atomic E-state index is -0.620. The molecule has 0 aromatic carbocycles. The van der Waals surface area contributed by atoms with Crippen molar-refractivity contribution in [2.45, 2.75) is 132 Å². The smallest absolute Gasteiger partial charge is 0.303 e. The number of rotatable bonds is 4. The van der Waals surface area contributed by atoms with Crippen molar-refractivity contribution in [2.75, 3.05) is 0 Å². The molecule has 5 fully saturated rings. The molecule has 5 saturated carbocycles. The lowest BCUT2D eigenvalue weighted by Gasteiger charge is -2.73. The Labute approximate surface area is 210 Å². The summed E-state index contributed by atoms with van der Waals surface area (Å²) in [7, 11) is 0. The zero-order chi connectivity index (χ0) is 24.7.